The minimum Gasteiger partial charge on any atom is -0.508 e. The minimum absolute atomic E-state index is 0.0515. The fourth-order valence-electron chi connectivity index (χ4n) is 8.54. The molecule has 0 bridgehead atoms. The predicted molar refractivity (Wildman–Crippen MR) is 243 cm³/mol. The number of carboxylic acids is 1. The number of aromatic carboxylic acids is 1. The number of hydrogen-bond acceptors (Lipinski definition) is 12. The van der Waals surface area contributed by atoms with Crippen molar-refractivity contribution in [3.05, 3.63) is 117 Å². The molecule has 0 saturated heterocycles. The van der Waals surface area contributed by atoms with E-state index in [4.69, 9.17) is 26.0 Å². The number of amides is 1. The highest BCUT2D eigenvalue weighted by molar-refractivity contribution is 7.99. The minimum atomic E-state index is -1.23. The van der Waals surface area contributed by atoms with Crippen LogP contribution in [0.3, 0.4) is 0 Å². The second kappa shape index (κ2) is 18.2. The Kier molecular flexibility index (Phi) is 12.1. The van der Waals surface area contributed by atoms with Gasteiger partial charge in [0.05, 0.1) is 21.7 Å². The number of aromatic nitrogens is 6. The molecule has 2 aliphatic carbocycles. The van der Waals surface area contributed by atoms with Crippen LogP contribution >= 0.6 is 23.4 Å². The molecule has 9 rings (SSSR count). The number of unbranched alkanes of at least 4 members (excludes halogenated alkanes) is 2. The number of benzene rings is 3. The SMILES string of the molecule is CCc1[nH]c2nc(Sc3cnc4nccnc4c3)nc(C3CC(CCC(=O)CCCCCNC(=O)c4ccc(-c5c6ccc(=O)cc-6oc6cc(O)ccc56)c(C(=O)O)c4)C3)c2c1Cl. The molecule has 14 nitrogen and oxygen atoms in total. The van der Waals surface area contributed by atoms with Gasteiger partial charge in [-0.3, -0.25) is 19.4 Å². The Balaban J connectivity index is 0.755. The van der Waals surface area contributed by atoms with E-state index in [9.17, 15) is 29.4 Å². The van der Waals surface area contributed by atoms with Crippen LogP contribution in [0.15, 0.2) is 98.5 Å². The summed E-state index contributed by atoms with van der Waals surface area (Å²) in [5.74, 6) is -0.616. The maximum absolute atomic E-state index is 13.2. The van der Waals surface area contributed by atoms with E-state index in [1.54, 1.807) is 42.9 Å². The summed E-state index contributed by atoms with van der Waals surface area (Å²) < 4.78 is 5.90. The van der Waals surface area contributed by atoms with Crippen LogP contribution in [0.1, 0.15) is 96.3 Å². The third-order valence-electron chi connectivity index (χ3n) is 11.9. The molecule has 64 heavy (non-hydrogen) atoms. The first kappa shape index (κ1) is 42.6. The van der Waals surface area contributed by atoms with E-state index >= 15 is 0 Å². The molecule has 0 spiro atoms. The van der Waals surface area contributed by atoms with Crippen molar-refractivity contribution in [3.63, 3.8) is 0 Å². The number of carboxylic acid groups (broad SMARTS) is 1. The number of aryl methyl sites for hydroxylation is 1. The molecule has 4 aromatic heterocycles. The zero-order valence-electron chi connectivity index (χ0n) is 34.7. The van der Waals surface area contributed by atoms with Gasteiger partial charge in [0.15, 0.2) is 16.2 Å². The number of phenolic OH excluding ortho intramolecular Hbond substituents is 1. The standard InChI is InChI=1S/C48H42ClN7O7S/c1-2-36-42(49)41-43(55-48(56-45(41)54-36)64-31-23-37-44(53-24-31)51-17-16-50-37)27-18-25(19-27)7-9-28(57)6-4-3-5-15-52-46(60)26-8-12-32(35(20-26)47(61)62)40-33-13-10-29(58)21-38(33)63-39-22-30(59)11-14-34(39)40/h8,10-14,16-17,20-25,27,58H,2-7,9,15,18-19H2,1H3,(H,52,60)(H,61,62)(H,54,55,56). The molecule has 5 heterocycles. The van der Waals surface area contributed by atoms with Gasteiger partial charge in [0.2, 0.25) is 0 Å². The number of nitrogens with one attached hydrogen (secondary N) is 2. The Morgan fingerprint density at radius 2 is 1.77 bits per heavy atom. The second-order valence-electron chi connectivity index (χ2n) is 16.1. The Morgan fingerprint density at radius 1 is 0.938 bits per heavy atom. The molecule has 1 fully saturated rings. The summed E-state index contributed by atoms with van der Waals surface area (Å²) >= 11 is 8.28. The summed E-state index contributed by atoms with van der Waals surface area (Å²) in [6, 6.07) is 15.2. The molecule has 0 unspecified atom stereocenters. The van der Waals surface area contributed by atoms with Crippen molar-refractivity contribution in [2.24, 2.45) is 5.92 Å². The number of phenols is 1. The average Bonchev–Trinajstić information content (AvgIpc) is 3.60. The van der Waals surface area contributed by atoms with Gasteiger partial charge in [-0.1, -0.05) is 31.0 Å². The van der Waals surface area contributed by atoms with Crippen LogP contribution in [0, 0.1) is 5.92 Å². The fourth-order valence-corrected chi connectivity index (χ4v) is 9.68. The van der Waals surface area contributed by atoms with Gasteiger partial charge in [-0.15, -0.1) is 0 Å². The number of fused-ring (bicyclic) bond motifs is 4. The van der Waals surface area contributed by atoms with Crippen LogP contribution in [0.25, 0.3) is 55.6 Å². The van der Waals surface area contributed by atoms with Gasteiger partial charge in [-0.25, -0.2) is 24.7 Å². The van der Waals surface area contributed by atoms with E-state index in [0.717, 1.165) is 59.4 Å². The van der Waals surface area contributed by atoms with Crippen LogP contribution in [0.5, 0.6) is 5.75 Å². The summed E-state index contributed by atoms with van der Waals surface area (Å²) in [4.78, 5) is 78.0. The molecular weight excluding hydrogens is 854 g/mol. The van der Waals surface area contributed by atoms with Crippen molar-refractivity contribution in [1.29, 1.82) is 0 Å². The monoisotopic (exact) mass is 895 g/mol. The Morgan fingerprint density at radius 3 is 2.59 bits per heavy atom. The van der Waals surface area contributed by atoms with Crippen LogP contribution in [-0.4, -0.2) is 64.3 Å². The highest BCUT2D eigenvalue weighted by atomic mass is 35.5. The number of aromatic amines is 1. The normalized spacial score (nSPS) is 14.9. The fraction of sp³-hybridized carbons (Fsp3) is 0.271. The Hall–Kier alpha value is -6.71. The molecule has 16 heteroatoms. The van der Waals surface area contributed by atoms with Gasteiger partial charge >= 0.3 is 5.97 Å². The lowest BCUT2D eigenvalue weighted by molar-refractivity contribution is -0.119. The van der Waals surface area contributed by atoms with Crippen molar-refractivity contribution in [2.75, 3.05) is 6.54 Å². The van der Waals surface area contributed by atoms with E-state index in [0.29, 0.717) is 81.6 Å². The van der Waals surface area contributed by atoms with Crippen LogP contribution in [0.2, 0.25) is 5.02 Å². The summed E-state index contributed by atoms with van der Waals surface area (Å²) in [6.45, 7) is 2.42. The maximum Gasteiger partial charge on any atom is 0.336 e. The Bertz CT molecular complexity index is 3150. The zero-order valence-corrected chi connectivity index (χ0v) is 36.3. The number of pyridine rings is 1. The zero-order chi connectivity index (χ0) is 44.5. The maximum atomic E-state index is 13.2. The quantitative estimate of drug-likeness (QED) is 0.0404. The largest absolute Gasteiger partial charge is 0.508 e. The summed E-state index contributed by atoms with van der Waals surface area (Å²) in [5, 5.41) is 25.9. The third kappa shape index (κ3) is 8.77. The third-order valence-corrected chi connectivity index (χ3v) is 13.1. The first-order chi connectivity index (χ1) is 31.0. The van der Waals surface area contributed by atoms with Gasteiger partial charge in [0.25, 0.3) is 5.91 Å². The lowest BCUT2D eigenvalue weighted by Crippen LogP contribution is -2.25. The lowest BCUT2D eigenvalue weighted by atomic mass is 9.70. The molecule has 0 radical (unpaired) electrons. The van der Waals surface area contributed by atoms with Gasteiger partial charge < -0.3 is 24.9 Å². The van der Waals surface area contributed by atoms with Crippen LogP contribution in [-0.2, 0) is 11.2 Å². The molecular formula is C48H42ClN7O7S. The van der Waals surface area contributed by atoms with Crippen molar-refractivity contribution in [1.82, 2.24) is 35.2 Å². The molecule has 324 valence electrons. The lowest BCUT2D eigenvalue weighted by Gasteiger charge is -2.35. The number of halogens is 1. The second-order valence-corrected chi connectivity index (χ2v) is 17.5. The molecule has 1 saturated carbocycles. The molecule has 1 amide bonds. The number of Topliss-reactive ketones (excluding diaryl/α,β-unsaturated/α-hetero) is 1. The van der Waals surface area contributed by atoms with E-state index in [1.165, 1.54) is 42.1 Å². The first-order valence-corrected chi connectivity index (χ1v) is 22.4. The highest BCUT2D eigenvalue weighted by Crippen LogP contribution is 2.47. The van der Waals surface area contributed by atoms with Gasteiger partial charge in [0.1, 0.15) is 34.0 Å². The van der Waals surface area contributed by atoms with E-state index in [1.807, 2.05) is 13.0 Å². The Labute approximate surface area is 375 Å². The first-order valence-electron chi connectivity index (χ1n) is 21.2. The number of hydrogen-bond donors (Lipinski definition) is 4. The summed E-state index contributed by atoms with van der Waals surface area (Å²) in [7, 11) is 0. The van der Waals surface area contributed by atoms with Gasteiger partial charge in [-0.2, -0.15) is 0 Å². The number of rotatable bonds is 16. The highest BCUT2D eigenvalue weighted by Gasteiger charge is 2.34. The van der Waals surface area contributed by atoms with Crippen molar-refractivity contribution < 1.29 is 29.0 Å². The average molecular weight is 896 g/mol. The summed E-state index contributed by atoms with van der Waals surface area (Å²) in [5.41, 5.74) is 5.26. The van der Waals surface area contributed by atoms with Crippen LogP contribution in [0.4, 0.5) is 0 Å². The van der Waals surface area contributed by atoms with Crippen molar-refractivity contribution >= 4 is 74.2 Å². The predicted octanol–water partition coefficient (Wildman–Crippen LogP) is 9.78. The van der Waals surface area contributed by atoms with Crippen molar-refractivity contribution in [3.8, 4) is 28.2 Å². The number of H-pyrrole nitrogens is 1. The van der Waals surface area contributed by atoms with Crippen LogP contribution < -0.4 is 10.7 Å². The molecule has 2 aromatic carbocycles. The number of nitrogens with zero attached hydrogens (tertiary/aromatic N) is 5. The van der Waals surface area contributed by atoms with Gasteiger partial charge in [0, 0.05) is 88.7 Å². The molecule has 3 aliphatic rings. The number of carbonyl (C=O) groups excluding carboxylic acids is 2. The van der Waals surface area contributed by atoms with Crippen molar-refractivity contribution in [2.45, 2.75) is 80.7 Å². The summed E-state index contributed by atoms with van der Waals surface area (Å²) in [6.07, 6.45) is 11.5. The molecule has 6 aromatic rings. The molecule has 4 N–H and O–H groups in total. The van der Waals surface area contributed by atoms with E-state index < -0.39 is 11.9 Å². The number of carbonyl (C=O) groups is 3. The number of ketones is 1. The van der Waals surface area contributed by atoms with E-state index in [2.05, 4.69) is 25.3 Å². The van der Waals surface area contributed by atoms with E-state index in [-0.39, 0.29) is 45.3 Å². The van der Waals surface area contributed by atoms with Gasteiger partial charge in [-0.05, 0) is 104 Å². The molecule has 0 atom stereocenters. The molecule has 1 aliphatic heterocycles. The smallest absolute Gasteiger partial charge is 0.336 e. The topological polar surface area (TPSA) is 214 Å². The number of aromatic hydroxyl groups is 1.